The number of morpholine rings is 1. The summed E-state index contributed by atoms with van der Waals surface area (Å²) >= 11 is 1.64. The molecule has 0 amide bonds. The van der Waals surface area contributed by atoms with E-state index in [4.69, 9.17) is 13.9 Å². The van der Waals surface area contributed by atoms with Gasteiger partial charge in [-0.05, 0) is 54.0 Å². The molecule has 0 atom stereocenters. The molecular weight excluding hydrogens is 479 g/mol. The van der Waals surface area contributed by atoms with Crippen LogP contribution in [0.2, 0.25) is 0 Å². The van der Waals surface area contributed by atoms with Gasteiger partial charge in [-0.2, -0.15) is 13.2 Å². The number of hydrogen-bond donors (Lipinski definition) is 0. The van der Waals surface area contributed by atoms with Gasteiger partial charge in [0.25, 0.3) is 0 Å². The van der Waals surface area contributed by atoms with Crippen LogP contribution in [0, 0.1) is 0 Å². The Morgan fingerprint density at radius 2 is 1.86 bits per heavy atom. The van der Waals surface area contributed by atoms with E-state index in [9.17, 15) is 18.0 Å². The zero-order valence-corrected chi connectivity index (χ0v) is 20.1. The van der Waals surface area contributed by atoms with Gasteiger partial charge in [0.05, 0.1) is 31.9 Å². The summed E-state index contributed by atoms with van der Waals surface area (Å²) in [4.78, 5) is 15.4. The molecule has 0 radical (unpaired) electrons. The maximum absolute atomic E-state index is 13.0. The number of unbranched alkanes of at least 4 members (excludes halogenated alkanes) is 2. The van der Waals surface area contributed by atoms with Gasteiger partial charge in [-0.15, -0.1) is 11.8 Å². The molecule has 2 aromatic carbocycles. The van der Waals surface area contributed by atoms with Crippen molar-refractivity contribution in [3.63, 3.8) is 0 Å². The smallest absolute Gasteiger partial charge is 0.416 e. The molecule has 0 aliphatic carbocycles. The fourth-order valence-electron chi connectivity index (χ4n) is 3.91. The van der Waals surface area contributed by atoms with Crippen molar-refractivity contribution in [2.24, 2.45) is 0 Å². The van der Waals surface area contributed by atoms with Crippen molar-refractivity contribution >= 4 is 22.5 Å². The molecule has 0 unspecified atom stereocenters. The minimum absolute atomic E-state index is 0.181. The molecule has 0 spiro atoms. The van der Waals surface area contributed by atoms with Gasteiger partial charge in [-0.1, -0.05) is 18.2 Å². The van der Waals surface area contributed by atoms with Gasteiger partial charge in [-0.3, -0.25) is 9.69 Å². The summed E-state index contributed by atoms with van der Waals surface area (Å²) in [5, 5.41) is 1.42. The third-order valence-electron chi connectivity index (χ3n) is 5.81. The van der Waals surface area contributed by atoms with E-state index in [1.807, 2.05) is 6.07 Å². The van der Waals surface area contributed by atoms with Crippen LogP contribution in [-0.4, -0.2) is 43.6 Å². The Kier molecular flexibility index (Phi) is 8.75. The molecule has 35 heavy (non-hydrogen) atoms. The average Bonchev–Trinajstić information content (AvgIpc) is 2.84. The van der Waals surface area contributed by atoms with Crippen molar-refractivity contribution in [1.29, 1.82) is 0 Å². The Morgan fingerprint density at radius 1 is 1.03 bits per heavy atom. The highest BCUT2D eigenvalue weighted by Crippen LogP contribution is 2.34. The number of alkyl halides is 3. The van der Waals surface area contributed by atoms with E-state index in [0.717, 1.165) is 54.5 Å². The summed E-state index contributed by atoms with van der Waals surface area (Å²) in [5.41, 5.74) is -0.812. The van der Waals surface area contributed by atoms with E-state index in [1.165, 1.54) is 18.4 Å². The molecule has 2 heterocycles. The van der Waals surface area contributed by atoms with Crippen molar-refractivity contribution in [2.45, 2.75) is 36.9 Å². The van der Waals surface area contributed by atoms with E-state index in [-0.39, 0.29) is 11.2 Å². The van der Waals surface area contributed by atoms with Crippen molar-refractivity contribution in [3.05, 3.63) is 70.3 Å². The second-order valence-electron chi connectivity index (χ2n) is 8.41. The van der Waals surface area contributed by atoms with Gasteiger partial charge in [0.1, 0.15) is 12.0 Å². The van der Waals surface area contributed by atoms with Crippen molar-refractivity contribution in [3.8, 4) is 5.75 Å². The van der Waals surface area contributed by atoms with Crippen LogP contribution < -0.4 is 10.2 Å². The van der Waals surface area contributed by atoms with Crippen LogP contribution >= 0.6 is 11.8 Å². The van der Waals surface area contributed by atoms with Crippen LogP contribution in [0.15, 0.2) is 62.8 Å². The Balaban J connectivity index is 1.18. The van der Waals surface area contributed by atoms with E-state index in [1.54, 1.807) is 30.0 Å². The molecule has 1 saturated heterocycles. The Bertz CT molecular complexity index is 1180. The molecule has 1 aliphatic heterocycles. The first-order chi connectivity index (χ1) is 16.9. The zero-order valence-electron chi connectivity index (χ0n) is 19.3. The van der Waals surface area contributed by atoms with E-state index < -0.39 is 11.7 Å². The molecule has 0 bridgehead atoms. The Morgan fingerprint density at radius 3 is 2.63 bits per heavy atom. The van der Waals surface area contributed by atoms with Crippen LogP contribution in [0.1, 0.15) is 30.6 Å². The van der Waals surface area contributed by atoms with E-state index in [2.05, 4.69) is 4.90 Å². The molecule has 5 nitrogen and oxygen atoms in total. The van der Waals surface area contributed by atoms with Crippen LogP contribution in [0.5, 0.6) is 5.75 Å². The molecular formula is C26H28F3NO4S. The van der Waals surface area contributed by atoms with Crippen molar-refractivity contribution in [1.82, 2.24) is 4.90 Å². The van der Waals surface area contributed by atoms with Crippen LogP contribution in [-0.2, 0) is 17.5 Å². The molecule has 1 aliphatic rings. The van der Waals surface area contributed by atoms with E-state index >= 15 is 0 Å². The number of hydrogen-bond acceptors (Lipinski definition) is 6. The standard InChI is InChI=1S/C26H28F3NO4S/c27-26(28,29)20-7-8-22-19(15-20)5-4-6-25(22)35-14-3-1-2-11-33-24-18-34-21(16-23(24)31)17-30-9-12-32-13-10-30/h4-8,15-16,18H,1-3,9-14,17H2. The predicted octanol–water partition coefficient (Wildman–Crippen LogP) is 5.99. The summed E-state index contributed by atoms with van der Waals surface area (Å²) in [6, 6.07) is 10.8. The summed E-state index contributed by atoms with van der Waals surface area (Å²) in [6.45, 7) is 4.02. The topological polar surface area (TPSA) is 51.9 Å². The average molecular weight is 508 g/mol. The first-order valence-corrected chi connectivity index (χ1v) is 12.7. The number of thioether (sulfide) groups is 1. The number of benzene rings is 2. The summed E-state index contributed by atoms with van der Waals surface area (Å²) in [6.07, 6.45) is -0.321. The highest BCUT2D eigenvalue weighted by Gasteiger charge is 2.30. The lowest BCUT2D eigenvalue weighted by Gasteiger charge is -2.25. The molecule has 1 fully saturated rings. The second kappa shape index (κ2) is 12.0. The monoisotopic (exact) mass is 507 g/mol. The molecule has 4 rings (SSSR count). The normalized spacial score (nSPS) is 14.9. The Labute approximate surface area is 206 Å². The summed E-state index contributed by atoms with van der Waals surface area (Å²) in [7, 11) is 0. The number of rotatable bonds is 10. The molecule has 0 saturated carbocycles. The maximum atomic E-state index is 13.0. The van der Waals surface area contributed by atoms with Crippen molar-refractivity contribution < 1.29 is 27.1 Å². The van der Waals surface area contributed by atoms with Gasteiger partial charge in [0, 0.05) is 24.1 Å². The number of fused-ring (bicyclic) bond motifs is 1. The van der Waals surface area contributed by atoms with Gasteiger partial charge in [-0.25, -0.2) is 0 Å². The van der Waals surface area contributed by atoms with Gasteiger partial charge < -0.3 is 13.9 Å². The summed E-state index contributed by atoms with van der Waals surface area (Å²) in [5.74, 6) is 1.68. The minimum atomic E-state index is -4.34. The predicted molar refractivity (Wildman–Crippen MR) is 130 cm³/mol. The lowest BCUT2D eigenvalue weighted by Crippen LogP contribution is -2.35. The molecule has 188 valence electrons. The highest BCUT2D eigenvalue weighted by atomic mass is 32.2. The van der Waals surface area contributed by atoms with E-state index in [0.29, 0.717) is 37.5 Å². The number of nitrogens with zero attached hydrogens (tertiary/aromatic N) is 1. The number of ether oxygens (including phenoxy) is 2. The largest absolute Gasteiger partial charge is 0.487 e. The molecule has 1 aromatic heterocycles. The molecule has 0 N–H and O–H groups in total. The van der Waals surface area contributed by atoms with Gasteiger partial charge >= 0.3 is 6.18 Å². The quantitative estimate of drug-likeness (QED) is 0.248. The molecule has 3 aromatic rings. The van der Waals surface area contributed by atoms with Gasteiger partial charge in [0.2, 0.25) is 11.2 Å². The van der Waals surface area contributed by atoms with Crippen LogP contribution in [0.4, 0.5) is 13.2 Å². The summed E-state index contributed by atoms with van der Waals surface area (Å²) < 4.78 is 55.4. The van der Waals surface area contributed by atoms with Crippen molar-refractivity contribution in [2.75, 3.05) is 38.7 Å². The third kappa shape index (κ3) is 7.25. The lowest BCUT2D eigenvalue weighted by atomic mass is 10.1. The fourth-order valence-corrected chi connectivity index (χ4v) is 4.99. The van der Waals surface area contributed by atoms with Crippen LogP contribution in [0.25, 0.3) is 10.8 Å². The first kappa shape index (κ1) is 25.6. The minimum Gasteiger partial charge on any atom is -0.487 e. The maximum Gasteiger partial charge on any atom is 0.416 e. The van der Waals surface area contributed by atoms with Crippen LogP contribution in [0.3, 0.4) is 0 Å². The second-order valence-corrected chi connectivity index (χ2v) is 9.55. The zero-order chi connectivity index (χ0) is 24.7. The number of halogens is 3. The fraction of sp³-hybridized carbons (Fsp3) is 0.423. The lowest BCUT2D eigenvalue weighted by molar-refractivity contribution is -0.137. The van der Waals surface area contributed by atoms with Gasteiger partial charge in [0.15, 0.2) is 0 Å². The molecule has 9 heteroatoms. The first-order valence-electron chi connectivity index (χ1n) is 11.7. The SMILES string of the molecule is O=c1cc(CN2CCOCC2)occ1OCCCCCSc1cccc2cc(C(F)(F)F)ccc12. The Hall–Kier alpha value is -2.49. The highest BCUT2D eigenvalue weighted by molar-refractivity contribution is 7.99. The third-order valence-corrected chi connectivity index (χ3v) is 6.97.